The molecule has 0 spiro atoms. The lowest BCUT2D eigenvalue weighted by atomic mass is 9.69. The molecule has 1 heteroatoms. The van der Waals surface area contributed by atoms with Crippen molar-refractivity contribution in [1.29, 1.82) is 0 Å². The molecule has 116 valence electrons. The predicted octanol–water partition coefficient (Wildman–Crippen LogP) is 4.73. The number of fused-ring (bicyclic) bond motifs is 2. The van der Waals surface area contributed by atoms with Gasteiger partial charge in [-0.25, -0.2) is 0 Å². The van der Waals surface area contributed by atoms with Gasteiger partial charge in [-0.05, 0) is 76.2 Å². The predicted molar refractivity (Wildman–Crippen MR) is 90.5 cm³/mol. The van der Waals surface area contributed by atoms with E-state index in [2.05, 4.69) is 57.3 Å². The molecule has 21 heavy (non-hydrogen) atoms. The Morgan fingerprint density at radius 1 is 1.14 bits per heavy atom. The maximum atomic E-state index is 3.82. The van der Waals surface area contributed by atoms with Crippen molar-refractivity contribution in [3.05, 3.63) is 35.4 Å². The van der Waals surface area contributed by atoms with Crippen molar-refractivity contribution >= 4 is 0 Å². The molecule has 2 aliphatic rings. The summed E-state index contributed by atoms with van der Waals surface area (Å²) >= 11 is 0. The van der Waals surface area contributed by atoms with Gasteiger partial charge in [-0.1, -0.05) is 36.2 Å². The molecule has 2 bridgehead atoms. The highest BCUT2D eigenvalue weighted by molar-refractivity contribution is 5.23. The molecular weight excluding hydrogens is 254 g/mol. The second kappa shape index (κ2) is 5.43. The summed E-state index contributed by atoms with van der Waals surface area (Å²) in [6, 6.07) is 9.24. The second-order valence-electron chi connectivity index (χ2n) is 8.71. The van der Waals surface area contributed by atoms with Gasteiger partial charge >= 0.3 is 0 Å². The maximum Gasteiger partial charge on any atom is 0.00967 e. The molecule has 2 aliphatic carbocycles. The maximum absolute atomic E-state index is 3.82. The van der Waals surface area contributed by atoms with Gasteiger partial charge in [-0.15, -0.1) is 0 Å². The van der Waals surface area contributed by atoms with Crippen LogP contribution in [0.15, 0.2) is 24.3 Å². The number of nitrogens with one attached hydrogen (secondary N) is 1. The molecule has 0 aromatic heterocycles. The fourth-order valence-electron chi connectivity index (χ4n) is 4.61. The van der Waals surface area contributed by atoms with Crippen LogP contribution in [0, 0.1) is 24.2 Å². The number of hydrogen-bond donors (Lipinski definition) is 1. The molecule has 0 heterocycles. The van der Waals surface area contributed by atoms with Gasteiger partial charge in [-0.2, -0.15) is 0 Å². The zero-order valence-electron chi connectivity index (χ0n) is 14.2. The zero-order chi connectivity index (χ0) is 15.1. The molecule has 2 saturated carbocycles. The Labute approximate surface area is 130 Å². The van der Waals surface area contributed by atoms with E-state index < -0.39 is 0 Å². The minimum atomic E-state index is 0.224. The van der Waals surface area contributed by atoms with Crippen molar-refractivity contribution in [2.24, 2.45) is 17.3 Å². The monoisotopic (exact) mass is 285 g/mol. The molecule has 3 atom stereocenters. The van der Waals surface area contributed by atoms with Gasteiger partial charge in [-0.3, -0.25) is 0 Å². The Morgan fingerprint density at radius 2 is 1.86 bits per heavy atom. The summed E-state index contributed by atoms with van der Waals surface area (Å²) in [5.41, 5.74) is 3.63. The summed E-state index contributed by atoms with van der Waals surface area (Å²) in [4.78, 5) is 0. The molecule has 0 amide bonds. The van der Waals surface area contributed by atoms with Crippen molar-refractivity contribution in [2.45, 2.75) is 65.3 Å². The summed E-state index contributed by atoms with van der Waals surface area (Å²) in [6.45, 7) is 10.2. The normalized spacial score (nSPS) is 31.8. The standard InChI is InChI=1S/C20H31N/c1-15-5-7-16(8-6-15)12-20(14-21-19(2,3)4)13-17-9-10-18(20)11-17/h5-8,17-18,21H,9-14H2,1-4H3. The van der Waals surface area contributed by atoms with E-state index in [9.17, 15) is 0 Å². The molecule has 3 unspecified atom stereocenters. The third-order valence-electron chi connectivity index (χ3n) is 5.75. The molecule has 1 aromatic carbocycles. The molecular formula is C20H31N. The van der Waals surface area contributed by atoms with E-state index in [0.717, 1.165) is 11.8 Å². The van der Waals surface area contributed by atoms with Crippen LogP contribution >= 0.6 is 0 Å². The first-order chi connectivity index (χ1) is 9.86. The fourth-order valence-corrected chi connectivity index (χ4v) is 4.61. The van der Waals surface area contributed by atoms with Gasteiger partial charge in [0.15, 0.2) is 0 Å². The van der Waals surface area contributed by atoms with Crippen LogP contribution in [0.2, 0.25) is 0 Å². The van der Waals surface area contributed by atoms with Gasteiger partial charge in [0.1, 0.15) is 0 Å². The van der Waals surface area contributed by atoms with Crippen molar-refractivity contribution in [3.63, 3.8) is 0 Å². The quantitative estimate of drug-likeness (QED) is 0.843. The second-order valence-corrected chi connectivity index (χ2v) is 8.71. The van der Waals surface area contributed by atoms with Gasteiger partial charge in [0.2, 0.25) is 0 Å². The van der Waals surface area contributed by atoms with Gasteiger partial charge in [0.05, 0.1) is 0 Å². The third kappa shape index (κ3) is 3.34. The number of hydrogen-bond acceptors (Lipinski definition) is 1. The summed E-state index contributed by atoms with van der Waals surface area (Å²) in [7, 11) is 0. The zero-order valence-corrected chi connectivity index (χ0v) is 14.2. The van der Waals surface area contributed by atoms with Crippen LogP contribution in [0.3, 0.4) is 0 Å². The van der Waals surface area contributed by atoms with Crippen LogP contribution in [0.4, 0.5) is 0 Å². The molecule has 0 saturated heterocycles. The van der Waals surface area contributed by atoms with E-state index in [-0.39, 0.29) is 5.54 Å². The van der Waals surface area contributed by atoms with Crippen LogP contribution in [0.5, 0.6) is 0 Å². The molecule has 3 rings (SSSR count). The fraction of sp³-hybridized carbons (Fsp3) is 0.700. The van der Waals surface area contributed by atoms with Crippen molar-refractivity contribution in [2.75, 3.05) is 6.54 Å². The van der Waals surface area contributed by atoms with Gasteiger partial charge in [0.25, 0.3) is 0 Å². The first kappa shape index (κ1) is 15.1. The summed E-state index contributed by atoms with van der Waals surface area (Å²) in [5, 5.41) is 3.82. The minimum Gasteiger partial charge on any atom is -0.311 e. The average Bonchev–Trinajstić information content (AvgIpc) is 2.99. The highest BCUT2D eigenvalue weighted by Gasteiger charge is 2.50. The van der Waals surface area contributed by atoms with E-state index >= 15 is 0 Å². The third-order valence-corrected chi connectivity index (χ3v) is 5.75. The van der Waals surface area contributed by atoms with E-state index in [1.54, 1.807) is 0 Å². The lowest BCUT2D eigenvalue weighted by Gasteiger charge is -2.40. The van der Waals surface area contributed by atoms with Crippen LogP contribution < -0.4 is 5.32 Å². The summed E-state index contributed by atoms with van der Waals surface area (Å²) < 4.78 is 0. The van der Waals surface area contributed by atoms with Crippen molar-refractivity contribution < 1.29 is 0 Å². The topological polar surface area (TPSA) is 12.0 Å². The smallest absolute Gasteiger partial charge is 0.00967 e. The van der Waals surface area contributed by atoms with Crippen molar-refractivity contribution in [3.8, 4) is 0 Å². The van der Waals surface area contributed by atoms with Crippen LogP contribution in [-0.2, 0) is 6.42 Å². The van der Waals surface area contributed by atoms with Gasteiger partial charge < -0.3 is 5.32 Å². The highest BCUT2D eigenvalue weighted by Crippen LogP contribution is 2.57. The van der Waals surface area contributed by atoms with E-state index in [1.807, 2.05) is 0 Å². The number of aryl methyl sites for hydroxylation is 1. The Hall–Kier alpha value is -0.820. The molecule has 1 aromatic rings. The van der Waals surface area contributed by atoms with Gasteiger partial charge in [0, 0.05) is 12.1 Å². The van der Waals surface area contributed by atoms with Crippen molar-refractivity contribution in [1.82, 2.24) is 5.32 Å². The minimum absolute atomic E-state index is 0.224. The molecule has 0 radical (unpaired) electrons. The SMILES string of the molecule is Cc1ccc(CC2(CNC(C)(C)C)CC3CCC2C3)cc1. The highest BCUT2D eigenvalue weighted by atomic mass is 15.0. The van der Waals surface area contributed by atoms with Crippen LogP contribution in [-0.4, -0.2) is 12.1 Å². The number of benzene rings is 1. The van der Waals surface area contributed by atoms with E-state index in [0.29, 0.717) is 5.41 Å². The Morgan fingerprint density at radius 3 is 2.38 bits per heavy atom. The van der Waals surface area contributed by atoms with Crippen LogP contribution in [0.1, 0.15) is 57.6 Å². The van der Waals surface area contributed by atoms with E-state index in [4.69, 9.17) is 0 Å². The Balaban J connectivity index is 1.78. The average molecular weight is 285 g/mol. The summed E-state index contributed by atoms with van der Waals surface area (Å²) in [6.07, 6.45) is 7.13. The molecule has 2 fully saturated rings. The van der Waals surface area contributed by atoms with E-state index in [1.165, 1.54) is 49.8 Å². The largest absolute Gasteiger partial charge is 0.311 e. The summed E-state index contributed by atoms with van der Waals surface area (Å²) in [5.74, 6) is 1.95. The first-order valence-electron chi connectivity index (χ1n) is 8.67. The number of rotatable bonds is 4. The molecule has 1 N–H and O–H groups in total. The lowest BCUT2D eigenvalue weighted by Crippen LogP contribution is -2.47. The van der Waals surface area contributed by atoms with Crippen LogP contribution in [0.25, 0.3) is 0 Å². The molecule has 0 aliphatic heterocycles. The lowest BCUT2D eigenvalue weighted by molar-refractivity contribution is 0.143. The first-order valence-corrected chi connectivity index (χ1v) is 8.67. The molecule has 1 nitrogen and oxygen atoms in total. The Kier molecular flexibility index (Phi) is 3.90. The Bertz CT molecular complexity index is 482.